The highest BCUT2D eigenvalue weighted by Crippen LogP contribution is 2.29. The van der Waals surface area contributed by atoms with E-state index in [2.05, 4.69) is 15.6 Å². The molecule has 4 aromatic rings. The molecule has 0 aliphatic carbocycles. The second kappa shape index (κ2) is 8.66. The van der Waals surface area contributed by atoms with E-state index in [1.54, 1.807) is 13.2 Å². The Kier molecular flexibility index (Phi) is 5.61. The molecule has 1 amide bonds. The van der Waals surface area contributed by atoms with Crippen molar-refractivity contribution >= 4 is 28.3 Å². The van der Waals surface area contributed by atoms with E-state index in [0.717, 1.165) is 22.2 Å². The van der Waals surface area contributed by atoms with Crippen molar-refractivity contribution in [2.75, 3.05) is 12.4 Å². The minimum atomic E-state index is -0.145. The molecule has 3 aromatic carbocycles. The van der Waals surface area contributed by atoms with Gasteiger partial charge in [-0.1, -0.05) is 60.7 Å². The lowest BCUT2D eigenvalue weighted by Gasteiger charge is -2.16. The van der Waals surface area contributed by atoms with Crippen LogP contribution >= 0.6 is 0 Å². The van der Waals surface area contributed by atoms with Crippen LogP contribution in [0.5, 0.6) is 5.75 Å². The summed E-state index contributed by atoms with van der Waals surface area (Å²) in [6.45, 7) is 1.98. The molecule has 0 aliphatic rings. The Bertz CT molecular complexity index is 1180. The number of amides is 1. The maximum absolute atomic E-state index is 13.2. The Hall–Kier alpha value is -3.86. The average Bonchev–Trinajstić information content (AvgIpc) is 2.79. The van der Waals surface area contributed by atoms with Crippen molar-refractivity contribution in [2.24, 2.45) is 0 Å². The van der Waals surface area contributed by atoms with Crippen molar-refractivity contribution in [3.63, 3.8) is 0 Å². The van der Waals surface area contributed by atoms with Crippen LogP contribution in [0.2, 0.25) is 0 Å². The third-order valence-corrected chi connectivity index (χ3v) is 4.98. The number of ether oxygens (including phenoxy) is 1. The number of hydrogen-bond acceptors (Lipinski definition) is 4. The van der Waals surface area contributed by atoms with Crippen LogP contribution in [0.3, 0.4) is 0 Å². The lowest BCUT2D eigenvalue weighted by Crippen LogP contribution is -2.27. The molecule has 0 fully saturated rings. The summed E-state index contributed by atoms with van der Waals surface area (Å²) < 4.78 is 5.41. The number of carbonyl (C=O) groups excluding carboxylic acids is 1. The number of hydrogen-bond donors (Lipinski definition) is 2. The van der Waals surface area contributed by atoms with Crippen LogP contribution in [0.4, 0.5) is 11.5 Å². The van der Waals surface area contributed by atoms with Gasteiger partial charge in [0.05, 0.1) is 29.9 Å². The molecule has 2 N–H and O–H groups in total. The van der Waals surface area contributed by atoms with E-state index in [0.29, 0.717) is 17.1 Å². The van der Waals surface area contributed by atoms with Gasteiger partial charge in [-0.2, -0.15) is 0 Å². The van der Waals surface area contributed by atoms with Crippen molar-refractivity contribution < 1.29 is 9.53 Å². The normalized spacial score (nSPS) is 11.7. The lowest BCUT2D eigenvalue weighted by molar-refractivity contribution is 0.0941. The summed E-state index contributed by atoms with van der Waals surface area (Å²) >= 11 is 0. The first-order valence-electron chi connectivity index (χ1n) is 9.81. The Morgan fingerprint density at radius 2 is 1.63 bits per heavy atom. The molecule has 1 atom stereocenters. The summed E-state index contributed by atoms with van der Waals surface area (Å²) in [5, 5.41) is 7.19. The highest BCUT2D eigenvalue weighted by Gasteiger charge is 2.16. The maximum atomic E-state index is 13.2. The van der Waals surface area contributed by atoms with Gasteiger partial charge in [0.1, 0.15) is 11.6 Å². The quantitative estimate of drug-likeness (QED) is 0.452. The molecule has 0 radical (unpaired) electrons. The summed E-state index contributed by atoms with van der Waals surface area (Å²) in [5.74, 6) is 1.14. The van der Waals surface area contributed by atoms with Crippen molar-refractivity contribution in [2.45, 2.75) is 13.0 Å². The number of methoxy groups -OCH3 is 1. The molecule has 1 aromatic heterocycles. The van der Waals surface area contributed by atoms with E-state index < -0.39 is 0 Å². The van der Waals surface area contributed by atoms with Crippen molar-refractivity contribution in [1.29, 1.82) is 0 Å². The van der Waals surface area contributed by atoms with E-state index in [4.69, 9.17) is 4.74 Å². The van der Waals surface area contributed by atoms with Gasteiger partial charge in [0.2, 0.25) is 0 Å². The average molecular weight is 397 g/mol. The Morgan fingerprint density at radius 3 is 2.43 bits per heavy atom. The number of para-hydroxylation sites is 3. The monoisotopic (exact) mass is 397 g/mol. The van der Waals surface area contributed by atoms with Gasteiger partial charge in [0.15, 0.2) is 0 Å². The molecule has 0 saturated heterocycles. The van der Waals surface area contributed by atoms with Gasteiger partial charge in [-0.05, 0) is 36.8 Å². The minimum absolute atomic E-state index is 0.115. The highest BCUT2D eigenvalue weighted by atomic mass is 16.5. The van der Waals surface area contributed by atoms with Gasteiger partial charge in [-0.25, -0.2) is 4.98 Å². The van der Waals surface area contributed by atoms with Gasteiger partial charge in [0.25, 0.3) is 5.91 Å². The van der Waals surface area contributed by atoms with Crippen LogP contribution in [0.1, 0.15) is 28.9 Å². The lowest BCUT2D eigenvalue weighted by atomic mass is 10.1. The molecule has 5 nitrogen and oxygen atoms in total. The van der Waals surface area contributed by atoms with Crippen LogP contribution in [0.25, 0.3) is 10.9 Å². The second-order valence-corrected chi connectivity index (χ2v) is 7.00. The molecule has 0 bridgehead atoms. The smallest absolute Gasteiger partial charge is 0.252 e. The van der Waals surface area contributed by atoms with E-state index in [1.165, 1.54) is 0 Å². The zero-order valence-electron chi connectivity index (χ0n) is 16.9. The molecule has 0 unspecified atom stereocenters. The maximum Gasteiger partial charge on any atom is 0.252 e. The van der Waals surface area contributed by atoms with Gasteiger partial charge < -0.3 is 15.4 Å². The largest absolute Gasteiger partial charge is 0.495 e. The third kappa shape index (κ3) is 4.10. The first-order valence-corrected chi connectivity index (χ1v) is 9.81. The van der Waals surface area contributed by atoms with E-state index >= 15 is 0 Å². The number of benzene rings is 3. The number of rotatable bonds is 6. The minimum Gasteiger partial charge on any atom is -0.495 e. The zero-order chi connectivity index (χ0) is 20.9. The SMILES string of the molecule is COc1ccccc1Nc1cc(C(=O)N[C@@H](C)c2ccccc2)c2ccccc2n1. The summed E-state index contributed by atoms with van der Waals surface area (Å²) in [5.41, 5.74) is 3.15. The van der Waals surface area contributed by atoms with Crippen LogP contribution in [0.15, 0.2) is 84.9 Å². The summed E-state index contributed by atoms with van der Waals surface area (Å²) in [4.78, 5) is 17.9. The molecule has 30 heavy (non-hydrogen) atoms. The molecule has 4 rings (SSSR count). The number of nitrogens with zero attached hydrogens (tertiary/aromatic N) is 1. The van der Waals surface area contributed by atoms with Crippen molar-refractivity contribution in [3.05, 3.63) is 96.1 Å². The topological polar surface area (TPSA) is 63.2 Å². The fourth-order valence-electron chi connectivity index (χ4n) is 3.41. The van der Waals surface area contributed by atoms with Gasteiger partial charge in [-0.3, -0.25) is 4.79 Å². The fraction of sp³-hybridized carbons (Fsp3) is 0.120. The molecule has 5 heteroatoms. The number of anilines is 2. The Balaban J connectivity index is 1.69. The van der Waals surface area contributed by atoms with Crippen LogP contribution in [-0.4, -0.2) is 18.0 Å². The van der Waals surface area contributed by atoms with Crippen LogP contribution in [-0.2, 0) is 0 Å². The van der Waals surface area contributed by atoms with E-state index in [9.17, 15) is 4.79 Å². The summed E-state index contributed by atoms with van der Waals surface area (Å²) in [6, 6.07) is 26.8. The molecule has 150 valence electrons. The third-order valence-electron chi connectivity index (χ3n) is 4.98. The molecular weight excluding hydrogens is 374 g/mol. The molecular formula is C25H23N3O2. The van der Waals surface area contributed by atoms with Crippen LogP contribution < -0.4 is 15.4 Å². The van der Waals surface area contributed by atoms with Gasteiger partial charge in [0, 0.05) is 5.39 Å². The van der Waals surface area contributed by atoms with Crippen molar-refractivity contribution in [1.82, 2.24) is 10.3 Å². The van der Waals surface area contributed by atoms with Gasteiger partial charge in [-0.15, -0.1) is 0 Å². The Morgan fingerprint density at radius 1 is 0.933 bits per heavy atom. The van der Waals surface area contributed by atoms with Crippen LogP contribution in [0, 0.1) is 0 Å². The summed E-state index contributed by atoms with van der Waals surface area (Å²) in [7, 11) is 1.62. The number of nitrogens with one attached hydrogen (secondary N) is 2. The second-order valence-electron chi connectivity index (χ2n) is 7.00. The standard InChI is InChI=1S/C25H23N3O2/c1-17(18-10-4-3-5-11-18)26-25(29)20-16-24(27-21-13-7-6-12-19(20)21)28-22-14-8-9-15-23(22)30-2/h3-17H,1-2H3,(H,26,29)(H,27,28)/t17-/m0/s1. The van der Waals surface area contributed by atoms with Gasteiger partial charge >= 0.3 is 0 Å². The zero-order valence-corrected chi connectivity index (χ0v) is 16.9. The number of carbonyl (C=O) groups is 1. The predicted molar refractivity (Wildman–Crippen MR) is 120 cm³/mol. The number of aromatic nitrogens is 1. The first-order chi connectivity index (χ1) is 14.7. The number of fused-ring (bicyclic) bond motifs is 1. The first kappa shape index (κ1) is 19.5. The highest BCUT2D eigenvalue weighted by molar-refractivity contribution is 6.07. The molecule has 0 aliphatic heterocycles. The van der Waals surface area contributed by atoms with E-state index in [1.807, 2.05) is 85.8 Å². The molecule has 0 spiro atoms. The number of pyridine rings is 1. The Labute approximate surface area is 175 Å². The molecule has 1 heterocycles. The molecule has 0 saturated carbocycles. The fourth-order valence-corrected chi connectivity index (χ4v) is 3.41. The predicted octanol–water partition coefficient (Wildman–Crippen LogP) is 5.48. The van der Waals surface area contributed by atoms with E-state index in [-0.39, 0.29) is 11.9 Å². The summed E-state index contributed by atoms with van der Waals surface area (Å²) in [6.07, 6.45) is 0. The van der Waals surface area contributed by atoms with Crippen molar-refractivity contribution in [3.8, 4) is 5.75 Å².